The van der Waals surface area contributed by atoms with E-state index in [4.69, 9.17) is 5.84 Å². The lowest BCUT2D eigenvalue weighted by Crippen LogP contribution is -2.32. The molecule has 0 radical (unpaired) electrons. The Balaban J connectivity index is 3.55. The first-order chi connectivity index (χ1) is 5.16. The van der Waals surface area contributed by atoms with Crippen molar-refractivity contribution in [3.05, 3.63) is 23.1 Å². The first-order valence-corrected chi connectivity index (χ1v) is 3.40. The molecule has 0 saturated carbocycles. The fraction of sp³-hybridized carbons (Fsp3) is 0.429. The topological polar surface area (TPSA) is 56.2 Å². The molecule has 0 spiro atoms. The molecule has 11 heavy (non-hydrogen) atoms. The summed E-state index contributed by atoms with van der Waals surface area (Å²) in [7, 11) is 1.71. The predicted octanol–water partition coefficient (Wildman–Crippen LogP) is -0.256. The minimum atomic E-state index is 0.760. The minimum absolute atomic E-state index is 0.760. The molecule has 0 atom stereocenters. The number of aromatic nitrogens is 2. The molecule has 0 unspecified atom stereocenters. The third-order valence-corrected chi connectivity index (χ3v) is 1.59. The van der Waals surface area contributed by atoms with Crippen molar-refractivity contribution in [1.82, 2.24) is 9.66 Å². The Hall–Kier alpha value is -1.32. The highest BCUT2D eigenvalue weighted by atomic mass is 15.3. The van der Waals surface area contributed by atoms with Gasteiger partial charge in [0.05, 0.1) is 0 Å². The zero-order valence-corrected chi connectivity index (χ0v) is 7.00. The quantitative estimate of drug-likeness (QED) is 0.521. The molecule has 0 aromatic carbocycles. The zero-order chi connectivity index (χ0) is 8.43. The van der Waals surface area contributed by atoms with E-state index in [2.05, 4.69) is 9.98 Å². The number of rotatable bonds is 0. The number of nitrogens with zero attached hydrogens (tertiary/aromatic N) is 3. The summed E-state index contributed by atoms with van der Waals surface area (Å²) in [6.45, 7) is 3.77. The molecule has 0 aliphatic carbocycles. The fourth-order valence-corrected chi connectivity index (χ4v) is 0.938. The van der Waals surface area contributed by atoms with Gasteiger partial charge in [-0.05, 0) is 13.8 Å². The Labute approximate surface area is 65.4 Å². The van der Waals surface area contributed by atoms with Crippen molar-refractivity contribution < 1.29 is 0 Å². The third-order valence-electron chi connectivity index (χ3n) is 1.59. The summed E-state index contributed by atoms with van der Waals surface area (Å²) >= 11 is 0. The molecular formula is C7H12N4. The van der Waals surface area contributed by atoms with Gasteiger partial charge >= 0.3 is 0 Å². The lowest BCUT2D eigenvalue weighted by molar-refractivity contribution is 0.790. The molecule has 1 rings (SSSR count). The molecule has 4 heteroatoms. The maximum atomic E-state index is 5.65. The molecule has 1 aromatic heterocycles. The Morgan fingerprint density at radius 3 is 2.64 bits per heavy atom. The minimum Gasteiger partial charge on any atom is -0.336 e. The van der Waals surface area contributed by atoms with Crippen LogP contribution in [-0.4, -0.2) is 16.7 Å². The Morgan fingerprint density at radius 1 is 1.55 bits per heavy atom. The van der Waals surface area contributed by atoms with E-state index >= 15 is 0 Å². The average Bonchev–Trinajstić information content (AvgIpc) is 1.99. The predicted molar refractivity (Wildman–Crippen MR) is 43.3 cm³/mol. The standard InChI is InChI=1S/C7H12N4/c1-5-4-10-6(2)11(8)7(5)9-3/h4H,8H2,1-3H3/b9-7-. The molecule has 0 bridgehead atoms. The van der Waals surface area contributed by atoms with Crippen LogP contribution in [0.3, 0.4) is 0 Å². The van der Waals surface area contributed by atoms with Crippen LogP contribution in [0.15, 0.2) is 11.2 Å². The van der Waals surface area contributed by atoms with E-state index in [0.717, 1.165) is 16.9 Å². The van der Waals surface area contributed by atoms with Crippen LogP contribution in [0.25, 0.3) is 0 Å². The van der Waals surface area contributed by atoms with Crippen LogP contribution in [0.1, 0.15) is 11.4 Å². The highest BCUT2D eigenvalue weighted by Gasteiger charge is 1.96. The molecule has 60 valence electrons. The van der Waals surface area contributed by atoms with Crippen molar-refractivity contribution in [1.29, 1.82) is 0 Å². The molecular weight excluding hydrogens is 140 g/mol. The summed E-state index contributed by atoms with van der Waals surface area (Å²) in [5.41, 5.74) is 1.76. The normalized spacial score (nSPS) is 12.1. The first kappa shape index (κ1) is 7.78. The summed E-state index contributed by atoms with van der Waals surface area (Å²) in [5, 5.41) is 0. The number of nitrogens with two attached hydrogens (primary N) is 1. The second-order valence-electron chi connectivity index (χ2n) is 2.41. The van der Waals surface area contributed by atoms with E-state index in [1.165, 1.54) is 4.68 Å². The molecule has 0 aliphatic heterocycles. The number of aryl methyl sites for hydroxylation is 2. The van der Waals surface area contributed by atoms with Crippen LogP contribution < -0.4 is 11.3 Å². The number of nitrogen functional groups attached to an aromatic ring is 1. The van der Waals surface area contributed by atoms with Gasteiger partial charge in [-0.1, -0.05) is 0 Å². The monoisotopic (exact) mass is 152 g/mol. The van der Waals surface area contributed by atoms with Gasteiger partial charge in [-0.3, -0.25) is 4.99 Å². The van der Waals surface area contributed by atoms with Crippen LogP contribution >= 0.6 is 0 Å². The van der Waals surface area contributed by atoms with E-state index in [9.17, 15) is 0 Å². The Morgan fingerprint density at radius 2 is 2.18 bits per heavy atom. The molecule has 0 aliphatic rings. The Kier molecular flexibility index (Phi) is 1.94. The summed E-state index contributed by atoms with van der Waals surface area (Å²) in [4.78, 5) is 8.09. The lowest BCUT2D eigenvalue weighted by Gasteiger charge is -2.04. The fourth-order valence-electron chi connectivity index (χ4n) is 0.938. The van der Waals surface area contributed by atoms with Gasteiger partial charge in [-0.2, -0.15) is 0 Å². The Bertz CT molecular complexity index is 324. The second-order valence-corrected chi connectivity index (χ2v) is 2.41. The SMILES string of the molecule is C/N=c1/c(C)cnc(C)n1N. The highest BCUT2D eigenvalue weighted by Crippen LogP contribution is 1.86. The molecule has 0 amide bonds. The van der Waals surface area contributed by atoms with Crippen LogP contribution in [0, 0.1) is 13.8 Å². The van der Waals surface area contributed by atoms with Crippen LogP contribution in [0.2, 0.25) is 0 Å². The van der Waals surface area contributed by atoms with Gasteiger partial charge in [0.25, 0.3) is 0 Å². The largest absolute Gasteiger partial charge is 0.336 e. The van der Waals surface area contributed by atoms with Gasteiger partial charge in [-0.25, -0.2) is 9.66 Å². The van der Waals surface area contributed by atoms with Gasteiger partial charge in [-0.15, -0.1) is 0 Å². The van der Waals surface area contributed by atoms with E-state index < -0.39 is 0 Å². The van der Waals surface area contributed by atoms with Gasteiger partial charge in [0, 0.05) is 18.8 Å². The number of hydrogen-bond acceptors (Lipinski definition) is 3. The van der Waals surface area contributed by atoms with Crippen LogP contribution in [-0.2, 0) is 0 Å². The molecule has 0 fully saturated rings. The van der Waals surface area contributed by atoms with Crippen LogP contribution in [0.4, 0.5) is 0 Å². The van der Waals surface area contributed by atoms with Gasteiger partial charge in [0.15, 0.2) is 5.49 Å². The van der Waals surface area contributed by atoms with E-state index in [0.29, 0.717) is 0 Å². The molecule has 2 N–H and O–H groups in total. The number of hydrogen-bond donors (Lipinski definition) is 1. The van der Waals surface area contributed by atoms with Crippen molar-refractivity contribution in [3.63, 3.8) is 0 Å². The molecule has 1 aromatic rings. The maximum absolute atomic E-state index is 5.65. The summed E-state index contributed by atoms with van der Waals surface area (Å²) in [5.74, 6) is 6.41. The first-order valence-electron chi connectivity index (χ1n) is 3.40. The summed E-state index contributed by atoms with van der Waals surface area (Å²) < 4.78 is 1.48. The van der Waals surface area contributed by atoms with E-state index in [-0.39, 0.29) is 0 Å². The molecule has 0 saturated heterocycles. The van der Waals surface area contributed by atoms with Crippen LogP contribution in [0.5, 0.6) is 0 Å². The van der Waals surface area contributed by atoms with Gasteiger partial charge in [0.1, 0.15) is 5.82 Å². The summed E-state index contributed by atoms with van der Waals surface area (Å²) in [6.07, 6.45) is 1.76. The third kappa shape index (κ3) is 1.24. The van der Waals surface area contributed by atoms with Crippen molar-refractivity contribution in [2.75, 3.05) is 12.9 Å². The van der Waals surface area contributed by atoms with E-state index in [1.807, 2.05) is 13.8 Å². The van der Waals surface area contributed by atoms with E-state index in [1.54, 1.807) is 13.2 Å². The van der Waals surface area contributed by atoms with Crippen molar-refractivity contribution >= 4 is 0 Å². The zero-order valence-electron chi connectivity index (χ0n) is 7.00. The lowest BCUT2D eigenvalue weighted by atomic mass is 10.4. The van der Waals surface area contributed by atoms with Gasteiger partial charge in [0.2, 0.25) is 0 Å². The van der Waals surface area contributed by atoms with Crippen molar-refractivity contribution in [3.8, 4) is 0 Å². The highest BCUT2D eigenvalue weighted by molar-refractivity contribution is 5.03. The maximum Gasteiger partial charge on any atom is 0.152 e. The average molecular weight is 152 g/mol. The van der Waals surface area contributed by atoms with Gasteiger partial charge < -0.3 is 5.84 Å². The van der Waals surface area contributed by atoms with Crippen molar-refractivity contribution in [2.24, 2.45) is 4.99 Å². The molecule has 4 nitrogen and oxygen atoms in total. The smallest absolute Gasteiger partial charge is 0.152 e. The summed E-state index contributed by atoms with van der Waals surface area (Å²) in [6, 6.07) is 0. The van der Waals surface area contributed by atoms with Crippen molar-refractivity contribution in [2.45, 2.75) is 13.8 Å². The second kappa shape index (κ2) is 2.74. The molecule has 1 heterocycles.